The quantitative estimate of drug-likeness (QED) is 0.838. The summed E-state index contributed by atoms with van der Waals surface area (Å²) in [6.07, 6.45) is 2.19. The maximum atomic E-state index is 12.1. The average Bonchev–Trinajstić information content (AvgIpc) is 3.29. The van der Waals surface area contributed by atoms with E-state index in [1.807, 2.05) is 45.0 Å². The minimum atomic E-state index is -0.451. The first-order chi connectivity index (χ1) is 11.3. The third-order valence-corrected chi connectivity index (χ3v) is 3.70. The Kier molecular flexibility index (Phi) is 5.83. The van der Waals surface area contributed by atoms with Crippen LogP contribution in [0.5, 0.6) is 5.75 Å². The smallest absolute Gasteiger partial charge is 0.321 e. The van der Waals surface area contributed by atoms with Crippen LogP contribution >= 0.6 is 0 Å². The first kappa shape index (κ1) is 18.3. The Morgan fingerprint density at radius 2 is 1.83 bits per heavy atom. The van der Waals surface area contributed by atoms with Gasteiger partial charge in [-0.05, 0) is 51.3 Å². The zero-order valence-electron chi connectivity index (χ0n) is 14.9. The van der Waals surface area contributed by atoms with Crippen molar-refractivity contribution in [2.75, 3.05) is 13.7 Å². The number of carbonyl (C=O) groups is 2. The van der Waals surface area contributed by atoms with E-state index in [9.17, 15) is 9.59 Å². The molecular weight excluding hydrogens is 306 g/mol. The third-order valence-electron chi connectivity index (χ3n) is 3.70. The van der Waals surface area contributed by atoms with Crippen molar-refractivity contribution < 1.29 is 14.3 Å². The highest BCUT2D eigenvalue weighted by Crippen LogP contribution is 2.28. The number of methoxy groups -OCH3 is 1. The van der Waals surface area contributed by atoms with Crippen molar-refractivity contribution in [2.24, 2.45) is 0 Å². The largest absolute Gasteiger partial charge is 0.497 e. The fraction of sp³-hybridized carbons (Fsp3) is 0.556. The molecule has 24 heavy (non-hydrogen) atoms. The van der Waals surface area contributed by atoms with E-state index in [1.54, 1.807) is 7.11 Å². The van der Waals surface area contributed by atoms with E-state index in [1.165, 1.54) is 0 Å². The van der Waals surface area contributed by atoms with Crippen LogP contribution < -0.4 is 15.4 Å². The molecule has 0 atom stereocenters. The summed E-state index contributed by atoms with van der Waals surface area (Å²) in [4.78, 5) is 26.0. The van der Waals surface area contributed by atoms with Crippen LogP contribution in [0.4, 0.5) is 4.79 Å². The Morgan fingerprint density at radius 3 is 2.33 bits per heavy atom. The molecule has 6 nitrogen and oxygen atoms in total. The number of benzene rings is 1. The molecule has 0 aromatic heterocycles. The number of ether oxygens (including phenoxy) is 1. The van der Waals surface area contributed by atoms with Crippen LogP contribution in [-0.4, -0.2) is 42.1 Å². The molecule has 0 aliphatic heterocycles. The summed E-state index contributed by atoms with van der Waals surface area (Å²) in [5.41, 5.74) is 0.749. The Labute approximate surface area is 143 Å². The maximum absolute atomic E-state index is 12.1. The second-order valence-corrected chi connectivity index (χ2v) is 7.24. The van der Waals surface area contributed by atoms with Gasteiger partial charge in [0, 0.05) is 18.1 Å². The number of hydrogen-bond acceptors (Lipinski definition) is 4. The lowest BCUT2D eigenvalue weighted by Gasteiger charge is -2.23. The lowest BCUT2D eigenvalue weighted by Crippen LogP contribution is -2.50. The van der Waals surface area contributed by atoms with Crippen molar-refractivity contribution >= 4 is 11.9 Å². The normalized spacial score (nSPS) is 14.4. The number of amides is 3. The molecule has 1 aromatic carbocycles. The number of hydrogen-bond donors (Lipinski definition) is 2. The predicted molar refractivity (Wildman–Crippen MR) is 92.9 cm³/mol. The number of urea groups is 1. The zero-order chi connectivity index (χ0) is 17.7. The van der Waals surface area contributed by atoms with Gasteiger partial charge in [0.25, 0.3) is 0 Å². The topological polar surface area (TPSA) is 70.7 Å². The standard InChI is InChI=1S/C18H27N3O3/c1-18(2,3)20-17(23)19-16(22)12-21(14-7-8-14)11-13-5-9-15(24-4)10-6-13/h5-6,9-10,14H,7-8,11-12H2,1-4H3,(H2,19,20,22,23). The summed E-state index contributed by atoms with van der Waals surface area (Å²) in [5.74, 6) is 0.533. The fourth-order valence-corrected chi connectivity index (χ4v) is 2.44. The molecule has 6 heteroatoms. The highest BCUT2D eigenvalue weighted by molar-refractivity contribution is 5.95. The summed E-state index contributed by atoms with van der Waals surface area (Å²) in [7, 11) is 1.64. The van der Waals surface area contributed by atoms with E-state index in [4.69, 9.17) is 4.74 Å². The van der Waals surface area contributed by atoms with Crippen molar-refractivity contribution in [1.82, 2.24) is 15.5 Å². The molecule has 1 fully saturated rings. The molecule has 1 aliphatic carbocycles. The average molecular weight is 333 g/mol. The van der Waals surface area contributed by atoms with Crippen molar-refractivity contribution in [3.05, 3.63) is 29.8 Å². The molecule has 0 spiro atoms. The van der Waals surface area contributed by atoms with Crippen LogP contribution in [0, 0.1) is 0 Å². The van der Waals surface area contributed by atoms with Gasteiger partial charge in [-0.1, -0.05) is 12.1 Å². The molecule has 0 radical (unpaired) electrons. The summed E-state index contributed by atoms with van der Waals surface area (Å²) < 4.78 is 5.16. The van der Waals surface area contributed by atoms with Crippen LogP contribution in [0.3, 0.4) is 0 Å². The van der Waals surface area contributed by atoms with Gasteiger partial charge in [0.15, 0.2) is 0 Å². The number of imide groups is 1. The van der Waals surface area contributed by atoms with Crippen LogP contribution in [-0.2, 0) is 11.3 Å². The Hall–Kier alpha value is -2.08. The first-order valence-electron chi connectivity index (χ1n) is 8.26. The van der Waals surface area contributed by atoms with Gasteiger partial charge in [0.05, 0.1) is 13.7 Å². The highest BCUT2D eigenvalue weighted by Gasteiger charge is 2.30. The van der Waals surface area contributed by atoms with Crippen LogP contribution in [0.15, 0.2) is 24.3 Å². The van der Waals surface area contributed by atoms with E-state index in [0.29, 0.717) is 12.6 Å². The Bertz CT molecular complexity index is 574. The van der Waals surface area contributed by atoms with Gasteiger partial charge in [0.2, 0.25) is 5.91 Å². The van der Waals surface area contributed by atoms with Gasteiger partial charge in [0.1, 0.15) is 5.75 Å². The van der Waals surface area contributed by atoms with Crippen molar-refractivity contribution in [1.29, 1.82) is 0 Å². The molecule has 0 heterocycles. The van der Waals surface area contributed by atoms with E-state index in [2.05, 4.69) is 15.5 Å². The molecule has 3 amide bonds. The summed E-state index contributed by atoms with van der Waals surface area (Å²) in [6.45, 7) is 6.52. The van der Waals surface area contributed by atoms with Crippen LogP contribution in [0.1, 0.15) is 39.2 Å². The molecule has 1 saturated carbocycles. The number of nitrogens with zero attached hydrogens (tertiary/aromatic N) is 1. The van der Waals surface area contributed by atoms with Gasteiger partial charge in [-0.2, -0.15) is 0 Å². The summed E-state index contributed by atoms with van der Waals surface area (Å²) in [5, 5.41) is 5.13. The lowest BCUT2D eigenvalue weighted by atomic mass is 10.1. The van der Waals surface area contributed by atoms with Crippen LogP contribution in [0.25, 0.3) is 0 Å². The van der Waals surface area contributed by atoms with Gasteiger partial charge < -0.3 is 10.1 Å². The molecule has 0 unspecified atom stereocenters. The minimum Gasteiger partial charge on any atom is -0.497 e. The molecule has 1 aromatic rings. The second kappa shape index (κ2) is 7.66. The molecule has 0 saturated heterocycles. The fourth-order valence-electron chi connectivity index (χ4n) is 2.44. The van der Waals surface area contributed by atoms with Gasteiger partial charge in [-0.15, -0.1) is 0 Å². The molecule has 132 valence electrons. The van der Waals surface area contributed by atoms with E-state index in [0.717, 1.165) is 24.2 Å². The Balaban J connectivity index is 1.88. The molecular formula is C18H27N3O3. The van der Waals surface area contributed by atoms with Gasteiger partial charge >= 0.3 is 6.03 Å². The Morgan fingerprint density at radius 1 is 1.21 bits per heavy atom. The van der Waals surface area contributed by atoms with Crippen LogP contribution in [0.2, 0.25) is 0 Å². The molecule has 2 N–H and O–H groups in total. The van der Waals surface area contributed by atoms with Gasteiger partial charge in [-0.3, -0.25) is 15.0 Å². The van der Waals surface area contributed by atoms with E-state index in [-0.39, 0.29) is 18.0 Å². The number of carbonyl (C=O) groups excluding carboxylic acids is 2. The zero-order valence-corrected chi connectivity index (χ0v) is 14.9. The highest BCUT2D eigenvalue weighted by atomic mass is 16.5. The summed E-state index contributed by atoms with van der Waals surface area (Å²) >= 11 is 0. The maximum Gasteiger partial charge on any atom is 0.321 e. The number of rotatable bonds is 6. The predicted octanol–water partition coefficient (Wildman–Crippen LogP) is 2.28. The molecule has 1 aliphatic rings. The molecule has 2 rings (SSSR count). The lowest BCUT2D eigenvalue weighted by molar-refractivity contribution is -0.121. The minimum absolute atomic E-state index is 0.217. The molecule has 0 bridgehead atoms. The second-order valence-electron chi connectivity index (χ2n) is 7.24. The van der Waals surface area contributed by atoms with Crippen molar-refractivity contribution in [3.63, 3.8) is 0 Å². The SMILES string of the molecule is COc1ccc(CN(CC(=O)NC(=O)NC(C)(C)C)C2CC2)cc1. The summed E-state index contributed by atoms with van der Waals surface area (Å²) in [6, 6.07) is 7.79. The third kappa shape index (κ3) is 6.20. The van der Waals surface area contributed by atoms with E-state index >= 15 is 0 Å². The number of nitrogens with one attached hydrogen (secondary N) is 2. The van der Waals surface area contributed by atoms with Gasteiger partial charge in [-0.25, -0.2) is 4.79 Å². The monoisotopic (exact) mass is 333 g/mol. The first-order valence-corrected chi connectivity index (χ1v) is 8.26. The van der Waals surface area contributed by atoms with Crippen molar-refractivity contribution in [2.45, 2.75) is 51.7 Å². The van der Waals surface area contributed by atoms with Crippen molar-refractivity contribution in [3.8, 4) is 5.75 Å². The van der Waals surface area contributed by atoms with E-state index < -0.39 is 6.03 Å².